The molecule has 0 spiro atoms. The van der Waals surface area contributed by atoms with Crippen LogP contribution in [0.4, 0.5) is 10.5 Å². The van der Waals surface area contributed by atoms with E-state index in [0.29, 0.717) is 53.5 Å². The van der Waals surface area contributed by atoms with Gasteiger partial charge in [-0.1, -0.05) is 18.2 Å². The molecule has 0 atom stereocenters. The molecule has 0 bridgehead atoms. The molecule has 2 heterocycles. The van der Waals surface area contributed by atoms with E-state index in [9.17, 15) is 19.2 Å². The number of morpholine rings is 1. The summed E-state index contributed by atoms with van der Waals surface area (Å²) in [7, 11) is 1.45. The lowest BCUT2D eigenvalue weighted by Gasteiger charge is -2.28. The highest BCUT2D eigenvalue weighted by Crippen LogP contribution is 2.39. The molecular weight excluding hydrogens is 566 g/mol. The van der Waals surface area contributed by atoms with Crippen LogP contribution in [-0.4, -0.2) is 79.3 Å². The number of carbonyl (C=O) groups excluding carboxylic acids is 4. The second-order valence-electron chi connectivity index (χ2n) is 8.00. The van der Waals surface area contributed by atoms with E-state index in [4.69, 9.17) is 14.2 Å². The van der Waals surface area contributed by atoms with Crippen molar-refractivity contribution >= 4 is 62.4 Å². The van der Waals surface area contributed by atoms with E-state index in [0.717, 1.165) is 16.7 Å². The predicted molar refractivity (Wildman–Crippen MR) is 141 cm³/mol. The molecule has 2 fully saturated rings. The van der Waals surface area contributed by atoms with Gasteiger partial charge in [0, 0.05) is 18.8 Å². The first-order valence-corrected chi connectivity index (χ1v) is 12.9. The van der Waals surface area contributed by atoms with Crippen LogP contribution in [0.3, 0.4) is 0 Å². The van der Waals surface area contributed by atoms with Gasteiger partial charge in [0.15, 0.2) is 18.1 Å². The minimum Gasteiger partial charge on any atom is -0.493 e. The van der Waals surface area contributed by atoms with Crippen molar-refractivity contribution in [2.24, 2.45) is 0 Å². The minimum absolute atomic E-state index is 0.185. The molecule has 2 aromatic carbocycles. The molecule has 194 valence electrons. The van der Waals surface area contributed by atoms with Gasteiger partial charge in [-0.15, -0.1) is 0 Å². The molecule has 4 amide bonds. The summed E-state index contributed by atoms with van der Waals surface area (Å²) in [5, 5.41) is 2.23. The van der Waals surface area contributed by atoms with Gasteiger partial charge in [0.1, 0.15) is 6.54 Å². The minimum atomic E-state index is -0.537. The molecule has 4 rings (SSSR count). The van der Waals surface area contributed by atoms with Crippen LogP contribution in [-0.2, 0) is 19.1 Å². The maximum atomic E-state index is 12.9. The van der Waals surface area contributed by atoms with Crippen LogP contribution < -0.4 is 14.8 Å². The number of benzene rings is 2. The van der Waals surface area contributed by atoms with Crippen molar-refractivity contribution in [3.8, 4) is 11.5 Å². The molecule has 0 saturated carbocycles. The molecule has 1 N–H and O–H groups in total. The molecular formula is C25H24BrN3O7S. The summed E-state index contributed by atoms with van der Waals surface area (Å²) in [5.74, 6) is -0.537. The van der Waals surface area contributed by atoms with Crippen molar-refractivity contribution < 1.29 is 33.4 Å². The molecule has 2 saturated heterocycles. The number of amides is 4. The molecule has 0 radical (unpaired) electrons. The van der Waals surface area contributed by atoms with E-state index in [1.807, 2.05) is 18.2 Å². The average molecular weight is 590 g/mol. The summed E-state index contributed by atoms with van der Waals surface area (Å²) in [6.45, 7) is 1.16. The van der Waals surface area contributed by atoms with E-state index in [-0.39, 0.29) is 29.9 Å². The first kappa shape index (κ1) is 26.7. The Labute approximate surface area is 226 Å². The number of rotatable bonds is 8. The molecule has 10 nitrogen and oxygen atoms in total. The summed E-state index contributed by atoms with van der Waals surface area (Å²) in [5.41, 5.74) is 1.22. The Morgan fingerprint density at radius 2 is 1.89 bits per heavy atom. The van der Waals surface area contributed by atoms with E-state index in [1.54, 1.807) is 35.2 Å². The zero-order valence-electron chi connectivity index (χ0n) is 19.9. The first-order valence-electron chi connectivity index (χ1n) is 11.3. The Morgan fingerprint density at radius 3 is 2.59 bits per heavy atom. The number of halogens is 1. The molecule has 2 aromatic rings. The number of hydrogen-bond acceptors (Lipinski definition) is 8. The summed E-state index contributed by atoms with van der Waals surface area (Å²) >= 11 is 4.19. The van der Waals surface area contributed by atoms with Crippen molar-refractivity contribution in [3.05, 3.63) is 57.4 Å². The van der Waals surface area contributed by atoms with Crippen molar-refractivity contribution in [2.75, 3.05) is 51.9 Å². The number of methoxy groups -OCH3 is 1. The largest absolute Gasteiger partial charge is 0.493 e. The highest BCUT2D eigenvalue weighted by Gasteiger charge is 2.37. The van der Waals surface area contributed by atoms with Gasteiger partial charge in [-0.05, 0) is 63.6 Å². The van der Waals surface area contributed by atoms with Gasteiger partial charge in [-0.2, -0.15) is 0 Å². The third-order valence-electron chi connectivity index (χ3n) is 5.49. The zero-order valence-corrected chi connectivity index (χ0v) is 22.3. The molecule has 0 aromatic heterocycles. The number of para-hydroxylation sites is 1. The van der Waals surface area contributed by atoms with Crippen molar-refractivity contribution in [2.45, 2.75) is 0 Å². The lowest BCUT2D eigenvalue weighted by atomic mass is 10.2. The van der Waals surface area contributed by atoms with Crippen molar-refractivity contribution in [1.82, 2.24) is 9.80 Å². The van der Waals surface area contributed by atoms with E-state index >= 15 is 0 Å². The maximum absolute atomic E-state index is 12.9. The Bertz CT molecular complexity index is 1230. The highest BCUT2D eigenvalue weighted by molar-refractivity contribution is 9.10. The maximum Gasteiger partial charge on any atom is 0.294 e. The summed E-state index contributed by atoms with van der Waals surface area (Å²) < 4.78 is 16.8. The topological polar surface area (TPSA) is 114 Å². The highest BCUT2D eigenvalue weighted by atomic mass is 79.9. The van der Waals surface area contributed by atoms with Gasteiger partial charge in [-0.25, -0.2) is 0 Å². The van der Waals surface area contributed by atoms with Crippen LogP contribution in [0.1, 0.15) is 5.56 Å². The fraction of sp³-hybridized carbons (Fsp3) is 0.280. The number of thioether (sulfide) groups is 1. The number of ether oxygens (including phenoxy) is 3. The smallest absolute Gasteiger partial charge is 0.294 e. The van der Waals surface area contributed by atoms with Gasteiger partial charge in [0.2, 0.25) is 5.91 Å². The Morgan fingerprint density at radius 1 is 1.16 bits per heavy atom. The van der Waals surface area contributed by atoms with Gasteiger partial charge in [0.25, 0.3) is 17.1 Å². The fourth-order valence-corrected chi connectivity index (χ4v) is 5.07. The Hall–Kier alpha value is -3.35. The van der Waals surface area contributed by atoms with Crippen LogP contribution >= 0.6 is 27.7 Å². The van der Waals surface area contributed by atoms with Crippen molar-refractivity contribution in [1.29, 1.82) is 0 Å². The van der Waals surface area contributed by atoms with Crippen LogP contribution in [0.2, 0.25) is 0 Å². The second kappa shape index (κ2) is 12.3. The first-order chi connectivity index (χ1) is 17.9. The van der Waals surface area contributed by atoms with Crippen LogP contribution in [0, 0.1) is 0 Å². The standard InChI is InChI=1S/C25H24BrN3O7S/c1-34-19-12-16(11-18(26)23(19)36-15-21(30)27-17-5-3-2-4-6-17)13-20-24(32)29(25(33)37-20)14-22(31)28-7-9-35-10-8-28/h2-6,11-13H,7-10,14-15H2,1H3,(H,27,30)/b20-13+. The van der Waals surface area contributed by atoms with Crippen LogP contribution in [0.15, 0.2) is 51.8 Å². The number of nitrogens with zero attached hydrogens (tertiary/aromatic N) is 2. The zero-order chi connectivity index (χ0) is 26.4. The van der Waals surface area contributed by atoms with Crippen molar-refractivity contribution in [3.63, 3.8) is 0 Å². The molecule has 0 aliphatic carbocycles. The van der Waals surface area contributed by atoms with E-state index < -0.39 is 11.1 Å². The van der Waals surface area contributed by atoms with Crippen LogP contribution in [0.25, 0.3) is 6.08 Å². The third-order valence-corrected chi connectivity index (χ3v) is 6.98. The SMILES string of the molecule is COc1cc(/C=C2/SC(=O)N(CC(=O)N3CCOCC3)C2=O)cc(Br)c1OCC(=O)Nc1ccccc1. The third kappa shape index (κ3) is 6.70. The van der Waals surface area contributed by atoms with E-state index in [2.05, 4.69) is 21.2 Å². The molecule has 2 aliphatic rings. The number of nitrogens with one attached hydrogen (secondary N) is 1. The number of hydrogen-bond donors (Lipinski definition) is 1. The monoisotopic (exact) mass is 589 g/mol. The number of carbonyl (C=O) groups is 4. The number of anilines is 1. The van der Waals surface area contributed by atoms with Gasteiger partial charge < -0.3 is 24.4 Å². The average Bonchev–Trinajstić information content (AvgIpc) is 3.16. The summed E-state index contributed by atoms with van der Waals surface area (Å²) in [6, 6.07) is 12.3. The normalized spacial score (nSPS) is 16.8. The molecule has 12 heteroatoms. The number of imide groups is 1. The molecule has 37 heavy (non-hydrogen) atoms. The predicted octanol–water partition coefficient (Wildman–Crippen LogP) is 3.37. The lowest BCUT2D eigenvalue weighted by Crippen LogP contribution is -2.46. The summed E-state index contributed by atoms with van der Waals surface area (Å²) in [6.07, 6.45) is 1.54. The van der Waals surface area contributed by atoms with Gasteiger partial charge in [0.05, 0.1) is 29.7 Å². The van der Waals surface area contributed by atoms with Gasteiger partial charge >= 0.3 is 0 Å². The Kier molecular flexibility index (Phi) is 8.85. The fourth-order valence-electron chi connectivity index (χ4n) is 3.66. The second-order valence-corrected chi connectivity index (χ2v) is 9.85. The Balaban J connectivity index is 1.43. The summed E-state index contributed by atoms with van der Waals surface area (Å²) in [4.78, 5) is 52.8. The van der Waals surface area contributed by atoms with Gasteiger partial charge in [-0.3, -0.25) is 24.1 Å². The quantitative estimate of drug-likeness (QED) is 0.466. The molecule has 0 unspecified atom stereocenters. The molecule has 2 aliphatic heterocycles. The van der Waals surface area contributed by atoms with E-state index in [1.165, 1.54) is 7.11 Å². The lowest BCUT2D eigenvalue weighted by molar-refractivity contribution is -0.139. The van der Waals surface area contributed by atoms with Crippen LogP contribution in [0.5, 0.6) is 11.5 Å².